The maximum atomic E-state index is 5.72. The molecule has 18 heavy (non-hydrogen) atoms. The molecular weight excluding hydrogens is 226 g/mol. The van der Waals surface area contributed by atoms with Crippen molar-refractivity contribution in [2.45, 2.75) is 13.0 Å². The molecule has 0 aliphatic heterocycles. The summed E-state index contributed by atoms with van der Waals surface area (Å²) >= 11 is 0. The zero-order valence-corrected chi connectivity index (χ0v) is 10.1. The highest BCUT2D eigenvalue weighted by atomic mass is 16.3. The van der Waals surface area contributed by atoms with Crippen LogP contribution in [0.4, 0.5) is 0 Å². The molecule has 1 aromatic carbocycles. The van der Waals surface area contributed by atoms with Crippen LogP contribution in [0.1, 0.15) is 11.5 Å². The fourth-order valence-electron chi connectivity index (χ4n) is 2.00. The van der Waals surface area contributed by atoms with Crippen molar-refractivity contribution in [3.8, 4) is 0 Å². The standard InChI is InChI=1S/C15H15NO2/c1-2-6-15-12(4-1)10-14(18-15)11-16-8-7-13-5-3-9-17-13/h1-6,9-10,16H,7-8,11H2. The highest BCUT2D eigenvalue weighted by Gasteiger charge is 2.02. The second kappa shape index (κ2) is 5.10. The van der Waals surface area contributed by atoms with E-state index in [1.54, 1.807) is 6.26 Å². The van der Waals surface area contributed by atoms with E-state index in [4.69, 9.17) is 8.83 Å². The van der Waals surface area contributed by atoms with Crippen molar-refractivity contribution in [2.75, 3.05) is 6.54 Å². The van der Waals surface area contributed by atoms with Gasteiger partial charge in [-0.3, -0.25) is 0 Å². The number of hydrogen-bond acceptors (Lipinski definition) is 3. The van der Waals surface area contributed by atoms with Crippen molar-refractivity contribution >= 4 is 11.0 Å². The van der Waals surface area contributed by atoms with Crippen molar-refractivity contribution in [2.24, 2.45) is 0 Å². The molecule has 0 bridgehead atoms. The molecule has 3 aromatic rings. The molecule has 0 atom stereocenters. The maximum absolute atomic E-state index is 5.72. The largest absolute Gasteiger partial charge is 0.469 e. The molecule has 3 rings (SSSR count). The summed E-state index contributed by atoms with van der Waals surface area (Å²) in [5, 5.41) is 4.50. The molecule has 0 radical (unpaired) electrons. The van der Waals surface area contributed by atoms with Gasteiger partial charge >= 0.3 is 0 Å². The molecule has 0 unspecified atom stereocenters. The van der Waals surface area contributed by atoms with Crippen molar-refractivity contribution < 1.29 is 8.83 Å². The molecular formula is C15H15NO2. The smallest absolute Gasteiger partial charge is 0.134 e. The normalized spacial score (nSPS) is 11.1. The summed E-state index contributed by atoms with van der Waals surface area (Å²) in [5.74, 6) is 1.97. The van der Waals surface area contributed by atoms with Crippen molar-refractivity contribution in [3.05, 3.63) is 60.2 Å². The zero-order valence-electron chi connectivity index (χ0n) is 10.1. The molecule has 3 nitrogen and oxygen atoms in total. The third kappa shape index (κ3) is 2.46. The van der Waals surface area contributed by atoms with Gasteiger partial charge in [-0.05, 0) is 24.3 Å². The Bertz CT molecular complexity index is 577. The molecule has 2 aromatic heterocycles. The van der Waals surface area contributed by atoms with E-state index >= 15 is 0 Å². The Morgan fingerprint density at radius 3 is 2.78 bits per heavy atom. The summed E-state index contributed by atoms with van der Waals surface area (Å²) in [5.41, 5.74) is 0.945. The zero-order chi connectivity index (χ0) is 12.2. The predicted octanol–water partition coefficient (Wildman–Crippen LogP) is 3.36. The lowest BCUT2D eigenvalue weighted by molar-refractivity contribution is 0.482. The van der Waals surface area contributed by atoms with E-state index in [1.807, 2.05) is 30.3 Å². The first-order valence-corrected chi connectivity index (χ1v) is 6.12. The third-order valence-corrected chi connectivity index (χ3v) is 2.90. The maximum Gasteiger partial charge on any atom is 0.134 e. The number of para-hydroxylation sites is 1. The van der Waals surface area contributed by atoms with E-state index in [0.717, 1.165) is 42.0 Å². The molecule has 0 saturated carbocycles. The van der Waals surface area contributed by atoms with Crippen molar-refractivity contribution in [1.29, 1.82) is 0 Å². The van der Waals surface area contributed by atoms with E-state index in [0.29, 0.717) is 0 Å². The van der Waals surface area contributed by atoms with Gasteiger partial charge in [0.1, 0.15) is 17.1 Å². The fourth-order valence-corrected chi connectivity index (χ4v) is 2.00. The van der Waals surface area contributed by atoms with Crippen LogP contribution in [-0.4, -0.2) is 6.54 Å². The molecule has 0 spiro atoms. The second-order valence-electron chi connectivity index (χ2n) is 4.26. The summed E-state index contributed by atoms with van der Waals surface area (Å²) < 4.78 is 11.0. The van der Waals surface area contributed by atoms with Crippen LogP contribution >= 0.6 is 0 Å². The van der Waals surface area contributed by atoms with Crippen LogP contribution in [0.2, 0.25) is 0 Å². The van der Waals surface area contributed by atoms with Crippen LogP contribution in [0.25, 0.3) is 11.0 Å². The summed E-state index contributed by atoms with van der Waals surface area (Å²) in [4.78, 5) is 0. The van der Waals surface area contributed by atoms with Gasteiger partial charge < -0.3 is 14.2 Å². The summed E-state index contributed by atoms with van der Waals surface area (Å²) in [6.07, 6.45) is 2.60. The molecule has 3 heteroatoms. The first-order chi connectivity index (χ1) is 8.92. The Kier molecular flexibility index (Phi) is 3.15. The van der Waals surface area contributed by atoms with E-state index in [2.05, 4.69) is 17.4 Å². The van der Waals surface area contributed by atoms with E-state index in [-0.39, 0.29) is 0 Å². The Hall–Kier alpha value is -2.00. The molecule has 0 amide bonds. The van der Waals surface area contributed by atoms with Gasteiger partial charge in [-0.15, -0.1) is 0 Å². The average Bonchev–Trinajstić information content (AvgIpc) is 3.03. The Balaban J connectivity index is 1.53. The van der Waals surface area contributed by atoms with Gasteiger partial charge in [-0.2, -0.15) is 0 Å². The average molecular weight is 241 g/mol. The van der Waals surface area contributed by atoms with E-state index in [1.165, 1.54) is 0 Å². The fraction of sp³-hybridized carbons (Fsp3) is 0.200. The van der Waals surface area contributed by atoms with E-state index < -0.39 is 0 Å². The highest BCUT2D eigenvalue weighted by molar-refractivity contribution is 5.77. The molecule has 2 heterocycles. The summed E-state index contributed by atoms with van der Waals surface area (Å²) in [7, 11) is 0. The van der Waals surface area contributed by atoms with Gasteiger partial charge in [-0.1, -0.05) is 18.2 Å². The van der Waals surface area contributed by atoms with E-state index in [9.17, 15) is 0 Å². The van der Waals surface area contributed by atoms with Gasteiger partial charge in [0.25, 0.3) is 0 Å². The molecule has 0 fully saturated rings. The lowest BCUT2D eigenvalue weighted by Gasteiger charge is -2.00. The SMILES string of the molecule is c1coc(CCNCc2cc3ccccc3o2)c1. The number of fused-ring (bicyclic) bond motifs is 1. The van der Waals surface area contributed by atoms with Crippen LogP contribution in [0, 0.1) is 0 Å². The lowest BCUT2D eigenvalue weighted by atomic mass is 10.2. The van der Waals surface area contributed by atoms with Crippen LogP contribution in [0.5, 0.6) is 0 Å². The van der Waals surface area contributed by atoms with Crippen LogP contribution in [-0.2, 0) is 13.0 Å². The highest BCUT2D eigenvalue weighted by Crippen LogP contribution is 2.18. The van der Waals surface area contributed by atoms with Gasteiger partial charge in [0.05, 0.1) is 12.8 Å². The molecule has 1 N–H and O–H groups in total. The van der Waals surface area contributed by atoms with Crippen LogP contribution < -0.4 is 5.32 Å². The monoisotopic (exact) mass is 241 g/mol. The number of benzene rings is 1. The number of nitrogens with one attached hydrogen (secondary N) is 1. The van der Waals surface area contributed by atoms with Crippen LogP contribution in [0.3, 0.4) is 0 Å². The summed E-state index contributed by atoms with van der Waals surface area (Å²) in [6.45, 7) is 1.62. The van der Waals surface area contributed by atoms with Crippen molar-refractivity contribution in [3.63, 3.8) is 0 Å². The summed E-state index contributed by atoms with van der Waals surface area (Å²) in [6, 6.07) is 14.0. The van der Waals surface area contributed by atoms with Gasteiger partial charge in [-0.25, -0.2) is 0 Å². The number of rotatable bonds is 5. The minimum absolute atomic E-state index is 0.745. The molecule has 0 aliphatic carbocycles. The first kappa shape index (κ1) is 11.1. The number of hydrogen-bond donors (Lipinski definition) is 1. The Labute approximate surface area is 105 Å². The van der Waals surface area contributed by atoms with Gasteiger partial charge in [0.15, 0.2) is 0 Å². The topological polar surface area (TPSA) is 38.3 Å². The Morgan fingerprint density at radius 2 is 1.94 bits per heavy atom. The minimum atomic E-state index is 0.745. The quantitative estimate of drug-likeness (QED) is 0.696. The Morgan fingerprint density at radius 1 is 1.00 bits per heavy atom. The predicted molar refractivity (Wildman–Crippen MR) is 70.3 cm³/mol. The third-order valence-electron chi connectivity index (χ3n) is 2.90. The second-order valence-corrected chi connectivity index (χ2v) is 4.26. The van der Waals surface area contributed by atoms with Gasteiger partial charge in [0, 0.05) is 18.4 Å². The van der Waals surface area contributed by atoms with Crippen molar-refractivity contribution in [1.82, 2.24) is 5.32 Å². The molecule has 0 aliphatic rings. The minimum Gasteiger partial charge on any atom is -0.469 e. The molecule has 92 valence electrons. The first-order valence-electron chi connectivity index (χ1n) is 6.12. The van der Waals surface area contributed by atoms with Gasteiger partial charge in [0.2, 0.25) is 0 Å². The number of furan rings is 2. The van der Waals surface area contributed by atoms with Crippen LogP contribution in [0.15, 0.2) is 57.6 Å². The molecule has 0 saturated heterocycles. The lowest BCUT2D eigenvalue weighted by Crippen LogP contribution is -2.15.